The summed E-state index contributed by atoms with van der Waals surface area (Å²) in [6, 6.07) is 9.51. The van der Waals surface area contributed by atoms with E-state index in [4.69, 9.17) is 16.0 Å². The fraction of sp³-hybridized carbons (Fsp3) is 0.143. The molecule has 0 saturated heterocycles. The predicted octanol–water partition coefficient (Wildman–Crippen LogP) is 1.71. The highest BCUT2D eigenvalue weighted by molar-refractivity contribution is 7.98. The van der Waals surface area contributed by atoms with Crippen molar-refractivity contribution in [2.75, 3.05) is 11.5 Å². The number of nitrogen functional groups attached to an aromatic ring is 2. The van der Waals surface area contributed by atoms with Crippen LogP contribution in [0.15, 0.2) is 40.0 Å². The molecular formula is C14H15N6OS+. The molecule has 2 heterocycles. The van der Waals surface area contributed by atoms with Gasteiger partial charge in [0.25, 0.3) is 5.16 Å². The van der Waals surface area contributed by atoms with Gasteiger partial charge in [-0.25, -0.2) is 4.98 Å². The quantitative estimate of drug-likeness (QED) is 0.555. The number of nitrogens with zero attached hydrogens (tertiary/aromatic N) is 3. The molecule has 0 bridgehead atoms. The summed E-state index contributed by atoms with van der Waals surface area (Å²) in [6.07, 6.45) is 0. The third-order valence-corrected chi connectivity index (χ3v) is 3.75. The minimum absolute atomic E-state index is 0.365. The zero-order valence-corrected chi connectivity index (χ0v) is 12.7. The number of rotatable bonds is 4. The zero-order chi connectivity index (χ0) is 15.5. The molecule has 0 radical (unpaired) electrons. The van der Waals surface area contributed by atoms with Gasteiger partial charge in [0, 0.05) is 5.56 Å². The lowest BCUT2D eigenvalue weighted by molar-refractivity contribution is -0.416. The molecule has 0 unspecified atom stereocenters. The largest absolute Gasteiger partial charge is 0.370 e. The summed E-state index contributed by atoms with van der Waals surface area (Å²) in [6.45, 7) is 2.03. The Morgan fingerprint density at radius 1 is 1.18 bits per heavy atom. The van der Waals surface area contributed by atoms with Crippen molar-refractivity contribution in [3.63, 3.8) is 0 Å². The van der Waals surface area contributed by atoms with Crippen molar-refractivity contribution < 1.29 is 9.51 Å². The van der Waals surface area contributed by atoms with E-state index in [0.29, 0.717) is 34.3 Å². The summed E-state index contributed by atoms with van der Waals surface area (Å²) in [5.41, 5.74) is 13.4. The number of aromatic amines is 1. The molecule has 8 heteroatoms. The Bertz CT molecular complexity index is 766. The first-order chi connectivity index (χ1) is 10.6. The maximum atomic E-state index is 5.68. The van der Waals surface area contributed by atoms with Gasteiger partial charge in [-0.3, -0.25) is 0 Å². The molecule has 5 N–H and O–H groups in total. The molecule has 3 rings (SSSR count). The van der Waals surface area contributed by atoms with Crippen molar-refractivity contribution >= 4 is 23.4 Å². The van der Waals surface area contributed by atoms with E-state index in [-0.39, 0.29) is 0 Å². The van der Waals surface area contributed by atoms with Gasteiger partial charge in [0.05, 0.1) is 11.8 Å². The first-order valence-corrected chi connectivity index (χ1v) is 7.56. The van der Waals surface area contributed by atoms with Crippen LogP contribution in [0.4, 0.5) is 11.6 Å². The van der Waals surface area contributed by atoms with Gasteiger partial charge in [0.15, 0.2) is 0 Å². The molecule has 0 spiro atoms. The normalized spacial score (nSPS) is 10.8. The van der Waals surface area contributed by atoms with E-state index in [1.165, 1.54) is 17.3 Å². The number of aromatic nitrogens is 4. The van der Waals surface area contributed by atoms with E-state index in [0.717, 1.165) is 5.56 Å². The van der Waals surface area contributed by atoms with E-state index in [9.17, 15) is 0 Å². The molecule has 3 aromatic rings. The van der Waals surface area contributed by atoms with Gasteiger partial charge >= 0.3 is 0 Å². The van der Waals surface area contributed by atoms with Crippen LogP contribution in [0.1, 0.15) is 11.5 Å². The molecule has 0 aliphatic rings. The van der Waals surface area contributed by atoms with Gasteiger partial charge in [-0.2, -0.15) is 4.98 Å². The zero-order valence-electron chi connectivity index (χ0n) is 11.9. The molecule has 112 valence electrons. The highest BCUT2D eigenvalue weighted by atomic mass is 32.2. The number of nitrogens with two attached hydrogens (primary N) is 2. The molecule has 2 aromatic heterocycles. The third kappa shape index (κ3) is 3.34. The van der Waals surface area contributed by atoms with Crippen LogP contribution in [0, 0.1) is 6.92 Å². The second-order valence-electron chi connectivity index (χ2n) is 4.73. The third-order valence-electron chi connectivity index (χ3n) is 2.90. The standard InChI is InChI=1S/C14H14N6OS/c1-8-2-4-9(5-3-8)13-19-12(21-20-13)7-22-14-17-10(15)6-11(16)18-14/h2-6H,7H2,1H3,(H4,15,16,17,18)/p+1. The van der Waals surface area contributed by atoms with Gasteiger partial charge in [0.1, 0.15) is 0 Å². The van der Waals surface area contributed by atoms with Crippen LogP contribution in [-0.2, 0) is 5.75 Å². The summed E-state index contributed by atoms with van der Waals surface area (Å²) in [7, 11) is 0. The molecule has 0 amide bonds. The summed E-state index contributed by atoms with van der Waals surface area (Å²) >= 11 is 1.39. The number of hydrogen-bond acceptors (Lipinski definition) is 7. The molecule has 7 nitrogen and oxygen atoms in total. The van der Waals surface area contributed by atoms with Crippen LogP contribution in [0.2, 0.25) is 0 Å². The monoisotopic (exact) mass is 315 g/mol. The summed E-state index contributed by atoms with van der Waals surface area (Å²) < 4.78 is 5.25. The van der Waals surface area contributed by atoms with Crippen LogP contribution >= 0.6 is 11.8 Å². The summed E-state index contributed by atoms with van der Waals surface area (Å²) in [5, 5.41) is 4.59. The van der Waals surface area contributed by atoms with Crippen molar-refractivity contribution in [1.29, 1.82) is 0 Å². The van der Waals surface area contributed by atoms with Crippen molar-refractivity contribution in [1.82, 2.24) is 15.1 Å². The number of H-pyrrole nitrogens is 1. The molecular weight excluding hydrogens is 300 g/mol. The van der Waals surface area contributed by atoms with Gasteiger partial charge in [-0.05, 0) is 18.7 Å². The molecule has 0 atom stereocenters. The topological polar surface area (TPSA) is 118 Å². The number of aryl methyl sites for hydroxylation is 1. The van der Waals surface area contributed by atoms with E-state index in [1.54, 1.807) is 6.07 Å². The lowest BCUT2D eigenvalue weighted by Gasteiger charge is -1.95. The molecule has 22 heavy (non-hydrogen) atoms. The van der Waals surface area contributed by atoms with Crippen LogP contribution in [0.25, 0.3) is 11.4 Å². The molecule has 1 aromatic carbocycles. The minimum Gasteiger partial charge on any atom is -0.370 e. The van der Waals surface area contributed by atoms with Crippen molar-refractivity contribution in [2.45, 2.75) is 17.8 Å². The Labute approximate surface area is 131 Å². The number of thioether (sulfide) groups is 1. The van der Waals surface area contributed by atoms with Crippen molar-refractivity contribution in [3.05, 3.63) is 41.8 Å². The number of nitrogens with one attached hydrogen (secondary N) is 1. The summed E-state index contributed by atoms with van der Waals surface area (Å²) in [5.74, 6) is 2.38. The van der Waals surface area contributed by atoms with Gasteiger partial charge in [-0.1, -0.05) is 40.0 Å². The lowest BCUT2D eigenvalue weighted by atomic mass is 10.1. The van der Waals surface area contributed by atoms with E-state index >= 15 is 0 Å². The van der Waals surface area contributed by atoms with Crippen LogP contribution in [0.5, 0.6) is 0 Å². The van der Waals surface area contributed by atoms with Crippen LogP contribution in [-0.4, -0.2) is 15.1 Å². The average Bonchev–Trinajstić information content (AvgIpc) is 2.94. The molecule has 0 saturated carbocycles. The fourth-order valence-corrected chi connectivity index (χ4v) is 2.57. The molecule has 0 aliphatic carbocycles. The smallest absolute Gasteiger partial charge is 0.299 e. The molecule has 0 fully saturated rings. The minimum atomic E-state index is 0.365. The Hall–Kier alpha value is -2.61. The average molecular weight is 315 g/mol. The van der Waals surface area contributed by atoms with E-state index in [1.807, 2.05) is 31.2 Å². The number of anilines is 2. The Balaban J connectivity index is 1.70. The molecule has 0 aliphatic heterocycles. The van der Waals surface area contributed by atoms with E-state index in [2.05, 4.69) is 20.1 Å². The Kier molecular flexibility index (Phi) is 3.92. The highest BCUT2D eigenvalue weighted by Gasteiger charge is 2.12. The van der Waals surface area contributed by atoms with Crippen LogP contribution in [0.3, 0.4) is 0 Å². The van der Waals surface area contributed by atoms with E-state index < -0.39 is 0 Å². The van der Waals surface area contributed by atoms with Crippen molar-refractivity contribution in [2.24, 2.45) is 0 Å². The summed E-state index contributed by atoms with van der Waals surface area (Å²) in [4.78, 5) is 11.4. The van der Waals surface area contributed by atoms with Gasteiger partial charge < -0.3 is 16.0 Å². The second kappa shape index (κ2) is 6.02. The fourth-order valence-electron chi connectivity index (χ4n) is 1.83. The van der Waals surface area contributed by atoms with Crippen LogP contribution < -0.4 is 16.5 Å². The maximum absolute atomic E-state index is 5.68. The first-order valence-electron chi connectivity index (χ1n) is 6.58. The second-order valence-corrected chi connectivity index (χ2v) is 5.70. The van der Waals surface area contributed by atoms with Crippen molar-refractivity contribution in [3.8, 4) is 11.4 Å². The SMILES string of the molecule is Cc1ccc(-c2noc(CSc3nc(N)cc(N)[nH+]3)n2)cc1. The van der Waals surface area contributed by atoms with Gasteiger partial charge in [0.2, 0.25) is 23.4 Å². The maximum Gasteiger partial charge on any atom is 0.299 e. The van der Waals surface area contributed by atoms with Gasteiger partial charge in [-0.15, -0.1) is 0 Å². The number of hydrogen-bond donors (Lipinski definition) is 2. The Morgan fingerprint density at radius 2 is 1.95 bits per heavy atom. The predicted molar refractivity (Wildman–Crippen MR) is 83.6 cm³/mol. The lowest BCUT2D eigenvalue weighted by Crippen LogP contribution is -2.16. The number of benzene rings is 1. The highest BCUT2D eigenvalue weighted by Crippen LogP contribution is 2.21. The first kappa shape index (κ1) is 14.3. The Morgan fingerprint density at radius 3 is 2.68 bits per heavy atom.